The van der Waals surface area contributed by atoms with Crippen molar-refractivity contribution in [3.05, 3.63) is 88.3 Å². The molecule has 2 atom stereocenters. The Labute approximate surface area is 165 Å². The summed E-state index contributed by atoms with van der Waals surface area (Å²) in [6.45, 7) is 0.379. The summed E-state index contributed by atoms with van der Waals surface area (Å²) in [6.07, 6.45) is 2.43. The van der Waals surface area contributed by atoms with Crippen LogP contribution < -0.4 is 10.1 Å². The lowest BCUT2D eigenvalue weighted by molar-refractivity contribution is 0.407. The molecule has 0 radical (unpaired) electrons. The number of nitrogens with one attached hydrogen (secondary N) is 1. The van der Waals surface area contributed by atoms with E-state index in [0.717, 1.165) is 5.75 Å². The van der Waals surface area contributed by atoms with Crippen molar-refractivity contribution in [3.63, 3.8) is 0 Å². The smallest absolute Gasteiger partial charge is 0.118 e. The summed E-state index contributed by atoms with van der Waals surface area (Å²) >= 11 is 0. The van der Waals surface area contributed by atoms with Gasteiger partial charge in [-0.05, 0) is 58.3 Å². The molecule has 1 fully saturated rings. The minimum Gasteiger partial charge on any atom is -0.497 e. The van der Waals surface area contributed by atoms with Crippen LogP contribution in [0.4, 0.5) is 0 Å². The minimum atomic E-state index is -0.0466. The Hall–Kier alpha value is -3.01. The summed E-state index contributed by atoms with van der Waals surface area (Å²) in [6, 6.07) is 23.1. The highest BCUT2D eigenvalue weighted by Gasteiger charge is 2.34. The van der Waals surface area contributed by atoms with Crippen LogP contribution in [-0.2, 0) is 0 Å². The minimum absolute atomic E-state index is 0.0466. The first-order valence-electron chi connectivity index (χ1n) is 9.68. The molecule has 5 heteroatoms. The van der Waals surface area contributed by atoms with E-state index in [1.54, 1.807) is 7.11 Å². The number of azide groups is 1. The second kappa shape index (κ2) is 8.34. The molecule has 3 aromatic rings. The normalized spacial score (nSPS) is 15.6. The van der Waals surface area contributed by atoms with Crippen LogP contribution in [0.2, 0.25) is 0 Å². The van der Waals surface area contributed by atoms with Gasteiger partial charge in [0.15, 0.2) is 0 Å². The molecule has 1 aliphatic rings. The summed E-state index contributed by atoms with van der Waals surface area (Å²) < 4.78 is 5.30. The first-order chi connectivity index (χ1) is 13.8. The van der Waals surface area contributed by atoms with Crippen LogP contribution in [0.25, 0.3) is 21.2 Å². The standard InChI is InChI=1S/C23H24N4O/c1-28-19-13-11-18(12-14-19)23(17-9-10-17)26-22(15-25-27-24)21-8-4-6-16-5-2-3-7-20(16)21/h2-8,11-14,17,22-23,26H,9-10,15H2,1H3. The SMILES string of the molecule is COc1ccc(C(NC(CN=[N+]=[N-])c2cccc3ccccc23)C2CC2)cc1. The van der Waals surface area contributed by atoms with Crippen LogP contribution in [0.5, 0.6) is 5.75 Å². The summed E-state index contributed by atoms with van der Waals surface area (Å²) in [7, 11) is 1.68. The first kappa shape index (κ1) is 18.4. The molecule has 0 amide bonds. The van der Waals surface area contributed by atoms with E-state index in [4.69, 9.17) is 10.3 Å². The maximum Gasteiger partial charge on any atom is 0.118 e. The monoisotopic (exact) mass is 372 g/mol. The topological polar surface area (TPSA) is 70.0 Å². The molecule has 0 aliphatic heterocycles. The van der Waals surface area contributed by atoms with Gasteiger partial charge >= 0.3 is 0 Å². The molecule has 0 heterocycles. The van der Waals surface area contributed by atoms with E-state index in [1.165, 1.54) is 34.7 Å². The van der Waals surface area contributed by atoms with Crippen molar-refractivity contribution in [3.8, 4) is 5.75 Å². The highest BCUT2D eigenvalue weighted by atomic mass is 16.5. The van der Waals surface area contributed by atoms with Gasteiger partial charge < -0.3 is 10.1 Å². The Morgan fingerprint density at radius 3 is 2.54 bits per heavy atom. The Balaban J connectivity index is 1.69. The van der Waals surface area contributed by atoms with Crippen LogP contribution in [0, 0.1) is 5.92 Å². The van der Waals surface area contributed by atoms with Gasteiger partial charge in [-0.25, -0.2) is 0 Å². The zero-order valence-corrected chi connectivity index (χ0v) is 16.0. The van der Waals surface area contributed by atoms with Crippen LogP contribution in [0.15, 0.2) is 71.8 Å². The van der Waals surface area contributed by atoms with E-state index in [0.29, 0.717) is 12.5 Å². The average molecular weight is 372 g/mol. The van der Waals surface area contributed by atoms with Gasteiger partial charge in [-0.15, -0.1) is 0 Å². The highest BCUT2D eigenvalue weighted by Crippen LogP contribution is 2.43. The maximum atomic E-state index is 8.92. The lowest BCUT2D eigenvalue weighted by atomic mass is 9.95. The predicted molar refractivity (Wildman–Crippen MR) is 112 cm³/mol. The summed E-state index contributed by atoms with van der Waals surface area (Å²) in [5, 5.41) is 10.1. The van der Waals surface area contributed by atoms with E-state index in [2.05, 4.69) is 63.9 Å². The Kier molecular flexibility index (Phi) is 5.47. The molecule has 0 aromatic heterocycles. The number of fused-ring (bicyclic) bond motifs is 1. The maximum absolute atomic E-state index is 8.92. The molecule has 1 N–H and O–H groups in total. The quantitative estimate of drug-likeness (QED) is 0.302. The van der Waals surface area contributed by atoms with E-state index in [-0.39, 0.29) is 12.1 Å². The molecule has 4 rings (SSSR count). The van der Waals surface area contributed by atoms with Gasteiger partial charge in [0.1, 0.15) is 5.75 Å². The fourth-order valence-corrected chi connectivity index (χ4v) is 3.88. The Bertz CT molecular complexity index is 986. The molecule has 1 aliphatic carbocycles. The van der Waals surface area contributed by atoms with Gasteiger partial charge in [0.2, 0.25) is 0 Å². The number of rotatable bonds is 8. The van der Waals surface area contributed by atoms with Crippen LogP contribution in [0.3, 0.4) is 0 Å². The fourth-order valence-electron chi connectivity index (χ4n) is 3.88. The van der Waals surface area contributed by atoms with Crippen molar-refractivity contribution < 1.29 is 4.74 Å². The molecule has 3 aromatic carbocycles. The summed E-state index contributed by atoms with van der Waals surface area (Å²) in [4.78, 5) is 3.01. The molecule has 2 unspecified atom stereocenters. The second-order valence-corrected chi connectivity index (χ2v) is 7.29. The molecule has 5 nitrogen and oxygen atoms in total. The van der Waals surface area contributed by atoms with Crippen molar-refractivity contribution in [2.45, 2.75) is 24.9 Å². The van der Waals surface area contributed by atoms with Gasteiger partial charge in [0.05, 0.1) is 7.11 Å². The average Bonchev–Trinajstić information content (AvgIpc) is 3.59. The molecule has 0 saturated heterocycles. The number of benzene rings is 3. The number of hydrogen-bond donors (Lipinski definition) is 1. The third-order valence-corrected chi connectivity index (χ3v) is 5.48. The molecule has 1 saturated carbocycles. The number of ether oxygens (including phenoxy) is 1. The van der Waals surface area contributed by atoms with E-state index in [1.807, 2.05) is 18.2 Å². The van der Waals surface area contributed by atoms with Gasteiger partial charge in [-0.1, -0.05) is 59.7 Å². The van der Waals surface area contributed by atoms with Gasteiger partial charge in [0.25, 0.3) is 0 Å². The molecular weight excluding hydrogens is 348 g/mol. The molecule has 0 spiro atoms. The predicted octanol–water partition coefficient (Wildman–Crippen LogP) is 5.94. The lowest BCUT2D eigenvalue weighted by Gasteiger charge is -2.27. The first-order valence-corrected chi connectivity index (χ1v) is 9.68. The third-order valence-electron chi connectivity index (χ3n) is 5.48. The fraction of sp³-hybridized carbons (Fsp3) is 0.304. The number of nitrogens with zero attached hydrogens (tertiary/aromatic N) is 3. The number of hydrogen-bond acceptors (Lipinski definition) is 3. The van der Waals surface area contributed by atoms with Gasteiger partial charge in [-0.2, -0.15) is 0 Å². The largest absolute Gasteiger partial charge is 0.497 e. The van der Waals surface area contributed by atoms with Crippen molar-refractivity contribution >= 4 is 10.8 Å². The molecular formula is C23H24N4O. The van der Waals surface area contributed by atoms with Crippen LogP contribution in [0.1, 0.15) is 36.1 Å². The van der Waals surface area contributed by atoms with Crippen LogP contribution >= 0.6 is 0 Å². The summed E-state index contributed by atoms with van der Waals surface area (Å²) in [5.74, 6) is 1.47. The second-order valence-electron chi connectivity index (χ2n) is 7.29. The zero-order valence-electron chi connectivity index (χ0n) is 16.0. The van der Waals surface area contributed by atoms with Crippen molar-refractivity contribution in [2.75, 3.05) is 13.7 Å². The van der Waals surface area contributed by atoms with Gasteiger partial charge in [0, 0.05) is 23.5 Å². The van der Waals surface area contributed by atoms with Crippen LogP contribution in [-0.4, -0.2) is 13.7 Å². The van der Waals surface area contributed by atoms with Crippen molar-refractivity contribution in [1.29, 1.82) is 0 Å². The molecule has 28 heavy (non-hydrogen) atoms. The molecule has 142 valence electrons. The van der Waals surface area contributed by atoms with Crippen molar-refractivity contribution in [1.82, 2.24) is 5.32 Å². The zero-order chi connectivity index (χ0) is 19.3. The number of methoxy groups -OCH3 is 1. The summed E-state index contributed by atoms with van der Waals surface area (Å²) in [5.41, 5.74) is 11.3. The highest BCUT2D eigenvalue weighted by molar-refractivity contribution is 5.86. The van der Waals surface area contributed by atoms with E-state index < -0.39 is 0 Å². The molecule has 0 bridgehead atoms. The Morgan fingerprint density at radius 2 is 1.82 bits per heavy atom. The van der Waals surface area contributed by atoms with E-state index in [9.17, 15) is 0 Å². The van der Waals surface area contributed by atoms with Gasteiger partial charge in [-0.3, -0.25) is 0 Å². The van der Waals surface area contributed by atoms with E-state index >= 15 is 0 Å². The lowest BCUT2D eigenvalue weighted by Crippen LogP contribution is -2.30. The van der Waals surface area contributed by atoms with Crippen molar-refractivity contribution in [2.24, 2.45) is 11.0 Å². The third kappa shape index (κ3) is 3.96. The Morgan fingerprint density at radius 1 is 1.07 bits per heavy atom.